The number of benzene rings is 8. The van der Waals surface area contributed by atoms with Crippen molar-refractivity contribution in [2.75, 3.05) is 14.7 Å². The molecule has 0 unspecified atom stereocenters. The average molecular weight is 972 g/mol. The van der Waals surface area contributed by atoms with Crippen LogP contribution in [0.3, 0.4) is 0 Å². The number of nitrogens with zero attached hydrogens (tertiary/aromatic N) is 3. The molecule has 0 amide bonds. The summed E-state index contributed by atoms with van der Waals surface area (Å²) in [7, 11) is 0. The van der Waals surface area contributed by atoms with Crippen LogP contribution < -0.4 is 31.1 Å². The standard InChI is InChI=1S/C70H78BN3/c1-65(2,3)46-24-30-50(31-25-46)73-60-36-28-48(67(7,8)9)40-57(60)71-58-41-49(68(10,11)12)29-37-61(58)74(51-32-26-47(27-33-51)66(4,5)6)63-44-53(43-62(73)64(63)71)72(59-23-19-21-45-20-17-18-22-54(45)59)52-34-35-55-56(42-52)70(15,16)39-38-69(55,13)14/h17-37,40-44H,38-39H2,1-16H3. The highest BCUT2D eigenvalue weighted by Gasteiger charge is 2.45. The first-order chi connectivity index (χ1) is 34.7. The molecule has 1 aliphatic carbocycles. The fourth-order valence-electron chi connectivity index (χ4n) is 12.4. The van der Waals surface area contributed by atoms with E-state index in [0.717, 1.165) is 23.5 Å². The number of hydrogen-bond donors (Lipinski definition) is 0. The van der Waals surface area contributed by atoms with Crippen LogP contribution in [0.25, 0.3) is 10.8 Å². The SMILES string of the molecule is CC(C)(C)c1ccc(N2c3ccc(C(C)(C)C)cc3B3c4cc(C(C)(C)C)ccc4N(c4ccc(C(C)(C)C)cc4)c4cc(N(c5ccc6c(c5)C(C)(C)CCC6(C)C)c5cccc6ccccc56)cc2c43)cc1. The minimum atomic E-state index is -0.0512. The van der Waals surface area contributed by atoms with Gasteiger partial charge in [-0.1, -0.05) is 202 Å². The van der Waals surface area contributed by atoms with Crippen LogP contribution in [0.5, 0.6) is 0 Å². The summed E-state index contributed by atoms with van der Waals surface area (Å²) >= 11 is 0. The van der Waals surface area contributed by atoms with Gasteiger partial charge in [-0.25, -0.2) is 0 Å². The van der Waals surface area contributed by atoms with Crippen molar-refractivity contribution >= 4 is 85.1 Å². The minimum Gasteiger partial charge on any atom is -0.311 e. The Morgan fingerprint density at radius 3 is 1.34 bits per heavy atom. The van der Waals surface area contributed by atoms with E-state index < -0.39 is 0 Å². The molecular weight excluding hydrogens is 894 g/mol. The van der Waals surface area contributed by atoms with Crippen LogP contribution in [-0.4, -0.2) is 6.71 Å². The lowest BCUT2D eigenvalue weighted by Gasteiger charge is -2.46. The van der Waals surface area contributed by atoms with E-state index in [9.17, 15) is 0 Å². The van der Waals surface area contributed by atoms with Gasteiger partial charge in [0.15, 0.2) is 0 Å². The Morgan fingerprint density at radius 2 is 0.851 bits per heavy atom. The lowest BCUT2D eigenvalue weighted by atomic mass is 9.33. The second-order valence-electron chi connectivity index (χ2n) is 27.5. The zero-order chi connectivity index (χ0) is 52.7. The molecule has 0 radical (unpaired) electrons. The second-order valence-corrected chi connectivity index (χ2v) is 27.5. The maximum absolute atomic E-state index is 2.60. The van der Waals surface area contributed by atoms with Crippen molar-refractivity contribution in [3.8, 4) is 0 Å². The predicted octanol–water partition coefficient (Wildman–Crippen LogP) is 17.9. The van der Waals surface area contributed by atoms with Gasteiger partial charge in [0.25, 0.3) is 6.71 Å². The van der Waals surface area contributed by atoms with Crippen molar-refractivity contribution < 1.29 is 0 Å². The third kappa shape index (κ3) is 8.36. The molecule has 11 rings (SSSR count). The summed E-state index contributed by atoms with van der Waals surface area (Å²) in [5.41, 5.74) is 22.9. The zero-order valence-electron chi connectivity index (χ0n) is 47.3. The van der Waals surface area contributed by atoms with E-state index in [1.54, 1.807) is 0 Å². The Balaban J connectivity index is 1.29. The topological polar surface area (TPSA) is 9.72 Å². The first kappa shape index (κ1) is 49.7. The fraction of sp³-hybridized carbons (Fsp3) is 0.343. The molecular formula is C70H78BN3. The van der Waals surface area contributed by atoms with E-state index in [-0.39, 0.29) is 39.2 Å². The first-order valence-electron chi connectivity index (χ1n) is 27.4. The van der Waals surface area contributed by atoms with Gasteiger partial charge >= 0.3 is 0 Å². The van der Waals surface area contributed by atoms with Crippen LogP contribution in [0.1, 0.15) is 157 Å². The lowest BCUT2D eigenvalue weighted by Crippen LogP contribution is -2.61. The van der Waals surface area contributed by atoms with Crippen LogP contribution >= 0.6 is 0 Å². The highest BCUT2D eigenvalue weighted by molar-refractivity contribution is 7.00. The predicted molar refractivity (Wildman–Crippen MR) is 323 cm³/mol. The van der Waals surface area contributed by atoms with E-state index in [2.05, 4.69) is 283 Å². The van der Waals surface area contributed by atoms with E-state index in [1.807, 2.05) is 0 Å². The maximum atomic E-state index is 2.60. The fourth-order valence-corrected chi connectivity index (χ4v) is 12.4. The quantitative estimate of drug-likeness (QED) is 0.159. The van der Waals surface area contributed by atoms with Gasteiger partial charge < -0.3 is 14.7 Å². The third-order valence-electron chi connectivity index (χ3n) is 17.1. The molecule has 2 aliphatic heterocycles. The van der Waals surface area contributed by atoms with E-state index in [4.69, 9.17) is 0 Å². The second kappa shape index (κ2) is 17.0. The number of anilines is 9. The normalized spacial score (nSPS) is 15.9. The number of rotatable bonds is 5. The van der Waals surface area contributed by atoms with Crippen molar-refractivity contribution in [1.82, 2.24) is 0 Å². The number of fused-ring (bicyclic) bond motifs is 6. The average Bonchev–Trinajstić information content (AvgIpc) is 3.39. The summed E-state index contributed by atoms with van der Waals surface area (Å²) in [6.07, 6.45) is 2.32. The largest absolute Gasteiger partial charge is 0.311 e. The molecule has 3 aliphatic rings. The van der Waals surface area contributed by atoms with Gasteiger partial charge in [-0.3, -0.25) is 0 Å². The first-order valence-corrected chi connectivity index (χ1v) is 27.4. The van der Waals surface area contributed by atoms with Gasteiger partial charge in [0.2, 0.25) is 0 Å². The van der Waals surface area contributed by atoms with Gasteiger partial charge in [0.1, 0.15) is 0 Å². The molecule has 2 heterocycles. The van der Waals surface area contributed by atoms with Gasteiger partial charge in [0, 0.05) is 45.2 Å². The molecule has 8 aromatic carbocycles. The van der Waals surface area contributed by atoms with Crippen LogP contribution in [0.15, 0.2) is 158 Å². The Morgan fingerprint density at radius 1 is 0.405 bits per heavy atom. The van der Waals surface area contributed by atoms with Crippen molar-refractivity contribution in [3.05, 3.63) is 191 Å². The van der Waals surface area contributed by atoms with E-state index >= 15 is 0 Å². The summed E-state index contributed by atoms with van der Waals surface area (Å²) < 4.78 is 0. The van der Waals surface area contributed by atoms with Gasteiger partial charge in [-0.15, -0.1) is 0 Å². The summed E-state index contributed by atoms with van der Waals surface area (Å²) in [6.45, 7) is 37.7. The molecule has 4 heteroatoms. The van der Waals surface area contributed by atoms with Gasteiger partial charge in [0.05, 0.1) is 11.4 Å². The van der Waals surface area contributed by atoms with Crippen LogP contribution in [-0.2, 0) is 32.5 Å². The molecule has 0 aromatic heterocycles. The number of hydrogen-bond acceptors (Lipinski definition) is 3. The van der Waals surface area contributed by atoms with Crippen molar-refractivity contribution in [2.45, 2.75) is 156 Å². The summed E-state index contributed by atoms with van der Waals surface area (Å²) in [4.78, 5) is 7.79. The molecule has 74 heavy (non-hydrogen) atoms. The van der Waals surface area contributed by atoms with E-state index in [1.165, 1.54) is 101 Å². The van der Waals surface area contributed by atoms with Crippen LogP contribution in [0.2, 0.25) is 0 Å². The van der Waals surface area contributed by atoms with Gasteiger partial charge in [-0.2, -0.15) is 0 Å². The summed E-state index contributed by atoms with van der Waals surface area (Å²) in [6, 6.07) is 61.9. The molecule has 0 bridgehead atoms. The Hall–Kier alpha value is -6.52. The summed E-state index contributed by atoms with van der Waals surface area (Å²) in [5, 5.41) is 2.45. The molecule has 0 spiro atoms. The monoisotopic (exact) mass is 972 g/mol. The van der Waals surface area contributed by atoms with Gasteiger partial charge in [-0.05, 0) is 167 Å². The molecule has 0 N–H and O–H groups in total. The van der Waals surface area contributed by atoms with Crippen molar-refractivity contribution in [1.29, 1.82) is 0 Å². The van der Waals surface area contributed by atoms with Crippen molar-refractivity contribution in [3.63, 3.8) is 0 Å². The van der Waals surface area contributed by atoms with Crippen LogP contribution in [0.4, 0.5) is 51.2 Å². The molecule has 0 saturated heterocycles. The molecule has 0 atom stereocenters. The minimum absolute atomic E-state index is 0.0131. The maximum Gasteiger partial charge on any atom is 0.252 e. The Kier molecular flexibility index (Phi) is 11.4. The summed E-state index contributed by atoms with van der Waals surface area (Å²) in [5.74, 6) is 0. The Labute approximate surface area is 444 Å². The third-order valence-corrected chi connectivity index (χ3v) is 17.1. The smallest absolute Gasteiger partial charge is 0.252 e. The lowest BCUT2D eigenvalue weighted by molar-refractivity contribution is 0.332. The van der Waals surface area contributed by atoms with Crippen LogP contribution in [0, 0.1) is 0 Å². The Bertz CT molecular complexity index is 3340. The highest BCUT2D eigenvalue weighted by Crippen LogP contribution is 2.52. The van der Waals surface area contributed by atoms with Crippen molar-refractivity contribution in [2.24, 2.45) is 0 Å². The highest BCUT2D eigenvalue weighted by atomic mass is 15.2. The molecule has 3 nitrogen and oxygen atoms in total. The molecule has 8 aromatic rings. The molecule has 0 saturated carbocycles. The molecule has 0 fully saturated rings. The van der Waals surface area contributed by atoms with E-state index in [0.29, 0.717) is 0 Å². The zero-order valence-corrected chi connectivity index (χ0v) is 47.3. The molecule has 376 valence electrons.